The topological polar surface area (TPSA) is 152 Å². The third kappa shape index (κ3) is 5.73. The van der Waals surface area contributed by atoms with Crippen LogP contribution in [-0.2, 0) is 24.0 Å². The second kappa shape index (κ2) is 7.90. The van der Waals surface area contributed by atoms with Crippen LogP contribution in [0, 0.1) is 5.92 Å². The molecule has 138 valence electrons. The zero-order valence-corrected chi connectivity index (χ0v) is 13.4. The van der Waals surface area contributed by atoms with E-state index in [1.807, 2.05) is 13.8 Å². The predicted octanol–water partition coefficient (Wildman–Crippen LogP) is 0.0460. The van der Waals surface area contributed by atoms with Crippen molar-refractivity contribution < 1.29 is 49.3 Å². The molecule has 10 nitrogen and oxygen atoms in total. The van der Waals surface area contributed by atoms with E-state index in [9.17, 15) is 30.0 Å². The summed E-state index contributed by atoms with van der Waals surface area (Å²) in [6, 6.07) is 0. The minimum absolute atomic E-state index is 0.163. The maximum Gasteiger partial charge on any atom is 0.517 e. The lowest BCUT2D eigenvalue weighted by atomic mass is 10.00. The molecule has 0 aliphatic carbocycles. The highest BCUT2D eigenvalue weighted by Gasteiger charge is 2.53. The smallest absolute Gasteiger partial charge is 0.376 e. The molecule has 1 fully saturated rings. The summed E-state index contributed by atoms with van der Waals surface area (Å²) < 4.78 is 8.32. The molecule has 0 radical (unpaired) electrons. The zero-order valence-electron chi connectivity index (χ0n) is 13.4. The van der Waals surface area contributed by atoms with E-state index in [2.05, 4.69) is 25.8 Å². The molecule has 0 bridgehead atoms. The van der Waals surface area contributed by atoms with Crippen LogP contribution in [0.2, 0.25) is 0 Å². The Morgan fingerprint density at radius 1 is 1.29 bits per heavy atom. The summed E-state index contributed by atoms with van der Waals surface area (Å²) in [4.78, 5) is 31.4. The summed E-state index contributed by atoms with van der Waals surface area (Å²) in [5.74, 6) is -7.74. The number of hydrogen-bond acceptors (Lipinski definition) is 10. The summed E-state index contributed by atoms with van der Waals surface area (Å²) in [7, 11) is 0. The minimum Gasteiger partial charge on any atom is -0.376 e. The van der Waals surface area contributed by atoms with Crippen LogP contribution in [0.5, 0.6) is 0 Å². The van der Waals surface area contributed by atoms with Crippen LogP contribution in [0.25, 0.3) is 0 Å². The van der Waals surface area contributed by atoms with Gasteiger partial charge in [0, 0.05) is 6.42 Å². The molecule has 1 aliphatic heterocycles. The van der Waals surface area contributed by atoms with Crippen LogP contribution in [0.15, 0.2) is 12.3 Å². The van der Waals surface area contributed by atoms with E-state index in [-0.39, 0.29) is 12.3 Å². The Bertz CT molecular complexity index is 484. The maximum atomic E-state index is 11.5. The molecule has 1 rings (SSSR count). The van der Waals surface area contributed by atoms with Gasteiger partial charge in [-0.3, -0.25) is 4.79 Å². The Labute approximate surface area is 138 Å². The fourth-order valence-corrected chi connectivity index (χ4v) is 2.02. The van der Waals surface area contributed by atoms with Crippen LogP contribution in [0.3, 0.4) is 0 Å². The number of hydrogen-bond donors (Lipinski definition) is 4. The van der Waals surface area contributed by atoms with Crippen molar-refractivity contribution in [3.8, 4) is 0 Å². The molecule has 2 unspecified atom stereocenters. The Morgan fingerprint density at radius 2 is 1.92 bits per heavy atom. The van der Waals surface area contributed by atoms with Crippen LogP contribution in [0.4, 0.5) is 4.79 Å². The summed E-state index contributed by atoms with van der Waals surface area (Å²) in [6.45, 7) is 6.99. The Morgan fingerprint density at radius 3 is 2.42 bits per heavy atom. The van der Waals surface area contributed by atoms with Gasteiger partial charge in [-0.1, -0.05) is 26.7 Å². The van der Waals surface area contributed by atoms with Gasteiger partial charge >= 0.3 is 18.1 Å². The van der Waals surface area contributed by atoms with Crippen molar-refractivity contribution in [2.24, 2.45) is 5.92 Å². The van der Waals surface area contributed by atoms with Crippen molar-refractivity contribution in [3.05, 3.63) is 12.3 Å². The molecule has 1 heterocycles. The molecule has 10 heteroatoms. The molecular formula is C14H22O10. The van der Waals surface area contributed by atoms with Crippen LogP contribution < -0.4 is 0 Å². The highest BCUT2D eigenvalue weighted by molar-refractivity contribution is 5.98. The number of aliphatic hydroxyl groups is 4. The summed E-state index contributed by atoms with van der Waals surface area (Å²) in [6.07, 6.45) is -2.15. The van der Waals surface area contributed by atoms with E-state index < -0.39 is 35.7 Å². The van der Waals surface area contributed by atoms with Crippen LogP contribution >= 0.6 is 0 Å². The number of ether oxygens (including phenoxy) is 2. The van der Waals surface area contributed by atoms with Crippen molar-refractivity contribution in [2.75, 3.05) is 0 Å². The summed E-state index contributed by atoms with van der Waals surface area (Å²) in [5.41, 5.74) is 0. The highest BCUT2D eigenvalue weighted by atomic mass is 17.2. The first-order valence-electron chi connectivity index (χ1n) is 7.36. The average molecular weight is 350 g/mol. The molecule has 0 aromatic heterocycles. The Kier molecular flexibility index (Phi) is 6.69. The molecule has 24 heavy (non-hydrogen) atoms. The lowest BCUT2D eigenvalue weighted by molar-refractivity contribution is -0.403. The van der Waals surface area contributed by atoms with Gasteiger partial charge in [-0.15, -0.1) is 0 Å². The van der Waals surface area contributed by atoms with Crippen molar-refractivity contribution >= 4 is 11.9 Å². The molecule has 0 aromatic carbocycles. The first-order chi connectivity index (χ1) is 11.0. The van der Waals surface area contributed by atoms with Crippen LogP contribution in [0.1, 0.15) is 39.5 Å². The fraction of sp³-hybridized carbons (Fsp3) is 0.714. The van der Waals surface area contributed by atoms with E-state index in [4.69, 9.17) is 0 Å². The molecule has 1 saturated heterocycles. The van der Waals surface area contributed by atoms with Gasteiger partial charge in [0.2, 0.25) is 11.5 Å². The van der Waals surface area contributed by atoms with Crippen LogP contribution in [-0.4, -0.2) is 50.4 Å². The molecule has 1 aliphatic rings. The van der Waals surface area contributed by atoms with Crippen molar-refractivity contribution in [1.29, 1.82) is 0 Å². The first kappa shape index (κ1) is 20.3. The third-order valence-corrected chi connectivity index (χ3v) is 3.32. The predicted molar refractivity (Wildman–Crippen MR) is 75.3 cm³/mol. The quantitative estimate of drug-likeness (QED) is 0.204. The normalized spacial score (nSPS) is 19.8. The second-order valence-electron chi connectivity index (χ2n) is 5.64. The fourth-order valence-electron chi connectivity index (χ4n) is 2.02. The lowest BCUT2D eigenvalue weighted by Gasteiger charge is -2.26. The van der Waals surface area contributed by atoms with Gasteiger partial charge in [-0.2, -0.15) is 4.89 Å². The number of rotatable bonds is 8. The molecule has 0 amide bonds. The third-order valence-electron chi connectivity index (χ3n) is 3.32. The van der Waals surface area contributed by atoms with E-state index in [1.165, 1.54) is 0 Å². The SMILES string of the molecule is C=C1OOC(C(O)(O)OC(=O)OC(O)(O)CCC(C)CCC)C1=O. The molecule has 0 saturated carbocycles. The monoisotopic (exact) mass is 350 g/mol. The molecule has 4 N–H and O–H groups in total. The zero-order chi connectivity index (χ0) is 18.5. The van der Waals surface area contributed by atoms with E-state index in [1.54, 1.807) is 0 Å². The van der Waals surface area contributed by atoms with Gasteiger partial charge < -0.3 is 34.8 Å². The first-order valence-corrected chi connectivity index (χ1v) is 7.36. The van der Waals surface area contributed by atoms with E-state index in [0.717, 1.165) is 12.8 Å². The van der Waals surface area contributed by atoms with Crippen molar-refractivity contribution in [3.63, 3.8) is 0 Å². The molecule has 0 spiro atoms. The molecule has 0 aromatic rings. The minimum atomic E-state index is -3.45. The van der Waals surface area contributed by atoms with Gasteiger partial charge in [-0.05, 0) is 18.9 Å². The van der Waals surface area contributed by atoms with Gasteiger partial charge in [-0.25, -0.2) is 4.79 Å². The summed E-state index contributed by atoms with van der Waals surface area (Å²) >= 11 is 0. The highest BCUT2D eigenvalue weighted by Crippen LogP contribution is 2.26. The van der Waals surface area contributed by atoms with Crippen molar-refractivity contribution in [1.82, 2.24) is 0 Å². The number of carbonyl (C=O) groups excluding carboxylic acids is 2. The Balaban J connectivity index is 2.54. The number of carbonyl (C=O) groups is 2. The van der Waals surface area contributed by atoms with E-state index >= 15 is 0 Å². The van der Waals surface area contributed by atoms with E-state index in [0.29, 0.717) is 6.42 Å². The second-order valence-corrected chi connectivity index (χ2v) is 5.64. The average Bonchev–Trinajstić information content (AvgIpc) is 2.76. The van der Waals surface area contributed by atoms with Gasteiger partial charge in [0.15, 0.2) is 0 Å². The molecular weight excluding hydrogens is 328 g/mol. The summed E-state index contributed by atoms with van der Waals surface area (Å²) in [5, 5.41) is 38.3. The maximum absolute atomic E-state index is 11.5. The number of ketones is 1. The van der Waals surface area contributed by atoms with Gasteiger partial charge in [0.05, 0.1) is 0 Å². The van der Waals surface area contributed by atoms with Gasteiger partial charge in [0.1, 0.15) is 0 Å². The largest absolute Gasteiger partial charge is 0.517 e. The Hall–Kier alpha value is -1.72. The lowest BCUT2D eigenvalue weighted by Crippen LogP contribution is -2.50. The number of Topliss-reactive ketones (excluding diaryl/α,β-unsaturated/α-hetero) is 1. The molecule has 2 atom stereocenters. The standard InChI is InChI=1S/C14H22O10/c1-4-5-8(2)6-7-13(17,18)21-12(16)22-14(19,20)11-10(15)9(3)23-24-11/h8,11,17-20H,3-7H2,1-2H3. The van der Waals surface area contributed by atoms with Gasteiger partial charge in [0.25, 0.3) is 6.10 Å². The van der Waals surface area contributed by atoms with Crippen molar-refractivity contribution in [2.45, 2.75) is 57.6 Å².